The predicted octanol–water partition coefficient (Wildman–Crippen LogP) is 2.89. The van der Waals surface area contributed by atoms with Crippen LogP contribution < -0.4 is 10.6 Å². The molecule has 4 aromatic rings. The van der Waals surface area contributed by atoms with Gasteiger partial charge in [0, 0.05) is 6.07 Å². The lowest BCUT2D eigenvalue weighted by atomic mass is 10.0. The van der Waals surface area contributed by atoms with E-state index in [9.17, 15) is 14.7 Å². The Labute approximate surface area is 179 Å². The standard InChI is InChI=1S/C24H22N4O3/c29-15-21(24(31)26-22-14-20(27-28-22)18-7-2-1-3-8-18)25-23(30)13-16-10-11-17-6-4-5-9-19(17)12-16/h1-12,14,21,29H,13,15H2,(H,25,30)(H2,26,27,28,31). The van der Waals surface area contributed by atoms with Crippen LogP contribution >= 0.6 is 0 Å². The highest BCUT2D eigenvalue weighted by Crippen LogP contribution is 2.19. The Morgan fingerprint density at radius 3 is 2.45 bits per heavy atom. The molecule has 0 aliphatic carbocycles. The summed E-state index contributed by atoms with van der Waals surface area (Å²) in [6, 6.07) is 23.8. The predicted molar refractivity (Wildman–Crippen MR) is 119 cm³/mol. The first-order chi connectivity index (χ1) is 15.1. The Bertz CT molecular complexity index is 1200. The van der Waals surface area contributed by atoms with E-state index in [0.29, 0.717) is 5.82 Å². The number of nitrogens with zero attached hydrogens (tertiary/aromatic N) is 1. The van der Waals surface area contributed by atoms with Gasteiger partial charge in [0.15, 0.2) is 5.82 Å². The number of hydrogen-bond acceptors (Lipinski definition) is 4. The molecule has 0 spiro atoms. The summed E-state index contributed by atoms with van der Waals surface area (Å²) in [5, 5.41) is 23.9. The lowest BCUT2D eigenvalue weighted by molar-refractivity contribution is -0.126. The van der Waals surface area contributed by atoms with E-state index in [1.54, 1.807) is 6.07 Å². The fourth-order valence-electron chi connectivity index (χ4n) is 3.34. The van der Waals surface area contributed by atoms with Gasteiger partial charge in [0.1, 0.15) is 6.04 Å². The van der Waals surface area contributed by atoms with E-state index >= 15 is 0 Å². The van der Waals surface area contributed by atoms with E-state index < -0.39 is 18.6 Å². The maximum atomic E-state index is 12.5. The highest BCUT2D eigenvalue weighted by molar-refractivity contribution is 5.97. The number of carbonyl (C=O) groups excluding carboxylic acids is 2. The van der Waals surface area contributed by atoms with Crippen LogP contribution in [0.15, 0.2) is 78.9 Å². The molecule has 4 rings (SSSR count). The van der Waals surface area contributed by atoms with Crippen LogP contribution in [0.1, 0.15) is 5.56 Å². The molecule has 7 heteroatoms. The van der Waals surface area contributed by atoms with Crippen LogP contribution in [0.5, 0.6) is 0 Å². The molecule has 0 radical (unpaired) electrons. The second-order valence-electron chi connectivity index (χ2n) is 7.18. The van der Waals surface area contributed by atoms with Crippen LogP contribution in [-0.2, 0) is 16.0 Å². The number of amides is 2. The number of hydrogen-bond donors (Lipinski definition) is 4. The highest BCUT2D eigenvalue weighted by Gasteiger charge is 2.21. The Morgan fingerprint density at radius 2 is 1.68 bits per heavy atom. The van der Waals surface area contributed by atoms with Crippen LogP contribution in [0.2, 0.25) is 0 Å². The number of aromatic nitrogens is 2. The van der Waals surface area contributed by atoms with Crippen LogP contribution in [0, 0.1) is 0 Å². The number of nitrogens with one attached hydrogen (secondary N) is 3. The van der Waals surface area contributed by atoms with E-state index in [-0.39, 0.29) is 12.3 Å². The Morgan fingerprint density at radius 1 is 0.935 bits per heavy atom. The molecule has 1 unspecified atom stereocenters. The van der Waals surface area contributed by atoms with Crippen molar-refractivity contribution in [1.82, 2.24) is 15.5 Å². The first kappa shape index (κ1) is 20.3. The van der Waals surface area contributed by atoms with Gasteiger partial charge in [0.25, 0.3) is 5.91 Å². The molecule has 1 aromatic heterocycles. The minimum atomic E-state index is -1.08. The summed E-state index contributed by atoms with van der Waals surface area (Å²) in [5.41, 5.74) is 2.50. The molecule has 1 atom stereocenters. The van der Waals surface area contributed by atoms with Gasteiger partial charge in [-0.2, -0.15) is 5.10 Å². The summed E-state index contributed by atoms with van der Waals surface area (Å²) in [5.74, 6) is -0.581. The van der Waals surface area contributed by atoms with E-state index in [2.05, 4.69) is 20.8 Å². The van der Waals surface area contributed by atoms with Crippen molar-refractivity contribution < 1.29 is 14.7 Å². The number of benzene rings is 3. The summed E-state index contributed by atoms with van der Waals surface area (Å²) < 4.78 is 0. The zero-order chi connectivity index (χ0) is 21.6. The second kappa shape index (κ2) is 9.23. The monoisotopic (exact) mass is 414 g/mol. The van der Waals surface area contributed by atoms with Gasteiger partial charge in [-0.1, -0.05) is 72.8 Å². The van der Waals surface area contributed by atoms with E-state index in [1.165, 1.54) is 0 Å². The number of anilines is 1. The summed E-state index contributed by atoms with van der Waals surface area (Å²) in [7, 11) is 0. The number of H-pyrrole nitrogens is 1. The van der Waals surface area contributed by atoms with Crippen molar-refractivity contribution in [3.8, 4) is 11.3 Å². The third kappa shape index (κ3) is 4.96. The average molecular weight is 414 g/mol. The van der Waals surface area contributed by atoms with Gasteiger partial charge in [-0.25, -0.2) is 0 Å². The van der Waals surface area contributed by atoms with Crippen molar-refractivity contribution in [2.24, 2.45) is 0 Å². The first-order valence-electron chi connectivity index (χ1n) is 9.92. The number of aromatic amines is 1. The molecular formula is C24H22N4O3. The van der Waals surface area contributed by atoms with Gasteiger partial charge >= 0.3 is 0 Å². The van der Waals surface area contributed by atoms with Gasteiger partial charge in [0.2, 0.25) is 5.91 Å². The number of fused-ring (bicyclic) bond motifs is 1. The SMILES string of the molecule is O=C(Cc1ccc2ccccc2c1)NC(CO)C(=O)Nc1cc(-c2ccccc2)[nH]n1. The molecule has 7 nitrogen and oxygen atoms in total. The molecule has 0 aliphatic rings. The molecule has 0 aliphatic heterocycles. The summed E-state index contributed by atoms with van der Waals surface area (Å²) in [6.07, 6.45) is 0.106. The minimum absolute atomic E-state index is 0.106. The lowest BCUT2D eigenvalue weighted by Crippen LogP contribution is -2.46. The largest absolute Gasteiger partial charge is 0.394 e. The van der Waals surface area contributed by atoms with Crippen LogP contribution in [0.25, 0.3) is 22.0 Å². The van der Waals surface area contributed by atoms with Crippen LogP contribution in [0.3, 0.4) is 0 Å². The molecule has 4 N–H and O–H groups in total. The molecule has 0 saturated heterocycles. The van der Waals surface area contributed by atoms with Crippen LogP contribution in [0.4, 0.5) is 5.82 Å². The zero-order valence-electron chi connectivity index (χ0n) is 16.7. The summed E-state index contributed by atoms with van der Waals surface area (Å²) >= 11 is 0. The van der Waals surface area contributed by atoms with Gasteiger partial charge in [-0.3, -0.25) is 14.7 Å². The smallest absolute Gasteiger partial charge is 0.250 e. The van der Waals surface area contributed by atoms with Crippen LogP contribution in [-0.4, -0.2) is 39.8 Å². The summed E-state index contributed by atoms with van der Waals surface area (Å²) in [6.45, 7) is -0.523. The van der Waals surface area contributed by atoms with Gasteiger partial charge in [-0.05, 0) is 21.9 Å². The number of aliphatic hydroxyl groups is 1. The Kier molecular flexibility index (Phi) is 6.05. The number of aliphatic hydroxyl groups excluding tert-OH is 1. The quantitative estimate of drug-likeness (QED) is 0.373. The third-order valence-electron chi connectivity index (χ3n) is 4.93. The van der Waals surface area contributed by atoms with Crippen molar-refractivity contribution in [3.05, 3.63) is 84.4 Å². The number of carbonyl (C=O) groups is 2. The number of rotatable bonds is 7. The molecule has 0 fully saturated rings. The van der Waals surface area contributed by atoms with Crippen molar-refractivity contribution in [2.75, 3.05) is 11.9 Å². The van der Waals surface area contributed by atoms with Gasteiger partial charge < -0.3 is 15.7 Å². The highest BCUT2D eigenvalue weighted by atomic mass is 16.3. The van der Waals surface area contributed by atoms with Crippen molar-refractivity contribution in [3.63, 3.8) is 0 Å². The molecule has 156 valence electrons. The normalized spacial score (nSPS) is 11.8. The first-order valence-corrected chi connectivity index (χ1v) is 9.92. The fraction of sp³-hybridized carbons (Fsp3) is 0.125. The molecule has 0 bridgehead atoms. The molecule has 1 heterocycles. The Balaban J connectivity index is 1.37. The molecule has 0 saturated carbocycles. The lowest BCUT2D eigenvalue weighted by Gasteiger charge is -2.15. The van der Waals surface area contributed by atoms with E-state index in [1.807, 2.05) is 72.8 Å². The van der Waals surface area contributed by atoms with E-state index in [0.717, 1.165) is 27.6 Å². The maximum absolute atomic E-state index is 12.5. The molecule has 31 heavy (non-hydrogen) atoms. The zero-order valence-corrected chi connectivity index (χ0v) is 16.7. The Hall–Kier alpha value is -3.97. The second-order valence-corrected chi connectivity index (χ2v) is 7.18. The fourth-order valence-corrected chi connectivity index (χ4v) is 3.34. The van der Waals surface area contributed by atoms with Crippen molar-refractivity contribution in [1.29, 1.82) is 0 Å². The topological polar surface area (TPSA) is 107 Å². The summed E-state index contributed by atoms with van der Waals surface area (Å²) in [4.78, 5) is 25.0. The minimum Gasteiger partial charge on any atom is -0.394 e. The van der Waals surface area contributed by atoms with Gasteiger partial charge in [0.05, 0.1) is 18.7 Å². The molecular weight excluding hydrogens is 392 g/mol. The third-order valence-corrected chi connectivity index (χ3v) is 4.93. The van der Waals surface area contributed by atoms with E-state index in [4.69, 9.17) is 0 Å². The van der Waals surface area contributed by atoms with Crippen molar-refractivity contribution >= 4 is 28.4 Å². The maximum Gasteiger partial charge on any atom is 0.250 e. The molecule has 3 aromatic carbocycles. The van der Waals surface area contributed by atoms with Gasteiger partial charge in [-0.15, -0.1) is 0 Å². The average Bonchev–Trinajstić information content (AvgIpc) is 3.26. The van der Waals surface area contributed by atoms with Crippen molar-refractivity contribution in [2.45, 2.75) is 12.5 Å². The molecule has 2 amide bonds.